The number of nitrogens with one attached hydrogen (secondary N) is 1. The molecule has 0 aromatic heterocycles. The van der Waals surface area contributed by atoms with Gasteiger partial charge in [-0.15, -0.1) is 0 Å². The minimum Gasteiger partial charge on any atom is -0.483 e. The van der Waals surface area contributed by atoms with Gasteiger partial charge in [-0.05, 0) is 61.6 Å². The van der Waals surface area contributed by atoms with Gasteiger partial charge in [0.2, 0.25) is 5.91 Å². The van der Waals surface area contributed by atoms with Gasteiger partial charge >= 0.3 is 0 Å². The Bertz CT molecular complexity index is 1240. The largest absolute Gasteiger partial charge is 0.483 e. The monoisotopic (exact) mass is 552 g/mol. The predicted molar refractivity (Wildman–Crippen MR) is 153 cm³/mol. The maximum atomic E-state index is 13.8. The summed E-state index contributed by atoms with van der Waals surface area (Å²) in [5, 5.41) is 4.09. The van der Waals surface area contributed by atoms with E-state index in [0.29, 0.717) is 27.8 Å². The molecule has 0 unspecified atom stereocenters. The zero-order valence-corrected chi connectivity index (χ0v) is 23.4. The minimum absolute atomic E-state index is 0.0864. The highest BCUT2D eigenvalue weighted by Gasteiger charge is 2.33. The molecule has 38 heavy (non-hydrogen) atoms. The molecule has 0 saturated heterocycles. The summed E-state index contributed by atoms with van der Waals surface area (Å²) < 4.78 is 5.98. The molecule has 200 valence electrons. The van der Waals surface area contributed by atoms with Gasteiger partial charge < -0.3 is 15.0 Å². The van der Waals surface area contributed by atoms with Crippen molar-refractivity contribution in [3.8, 4) is 5.75 Å². The highest BCUT2D eigenvalue weighted by molar-refractivity contribution is 6.36. The van der Waals surface area contributed by atoms with Gasteiger partial charge in [0.1, 0.15) is 11.8 Å². The molecule has 1 saturated carbocycles. The third kappa shape index (κ3) is 7.30. The van der Waals surface area contributed by atoms with Crippen LogP contribution in [0.15, 0.2) is 66.7 Å². The summed E-state index contributed by atoms with van der Waals surface area (Å²) >= 11 is 13.0. The van der Waals surface area contributed by atoms with E-state index in [4.69, 9.17) is 27.9 Å². The summed E-state index contributed by atoms with van der Waals surface area (Å²) in [5.74, 6) is 0.150. The quantitative estimate of drug-likeness (QED) is 0.305. The van der Waals surface area contributed by atoms with Crippen LogP contribution in [-0.2, 0) is 22.6 Å². The van der Waals surface area contributed by atoms with Gasteiger partial charge in [-0.2, -0.15) is 0 Å². The summed E-state index contributed by atoms with van der Waals surface area (Å²) in [5.41, 5.74) is 3.53. The summed E-state index contributed by atoms with van der Waals surface area (Å²) in [6, 6.07) is 20.2. The van der Waals surface area contributed by atoms with E-state index >= 15 is 0 Å². The molecule has 3 aromatic rings. The number of halogens is 2. The highest BCUT2D eigenvalue weighted by Crippen LogP contribution is 2.28. The molecular formula is C31H34Cl2N2O3. The predicted octanol–water partition coefficient (Wildman–Crippen LogP) is 6.69. The molecule has 1 aliphatic carbocycles. The van der Waals surface area contributed by atoms with Crippen molar-refractivity contribution in [1.82, 2.24) is 10.2 Å². The van der Waals surface area contributed by atoms with E-state index in [1.54, 1.807) is 23.1 Å². The van der Waals surface area contributed by atoms with Crippen molar-refractivity contribution in [3.05, 3.63) is 99.0 Å². The van der Waals surface area contributed by atoms with Crippen molar-refractivity contribution < 1.29 is 14.3 Å². The lowest BCUT2D eigenvalue weighted by Crippen LogP contribution is -2.53. The molecular weight excluding hydrogens is 519 g/mol. The molecule has 1 aliphatic rings. The second-order valence-electron chi connectivity index (χ2n) is 9.97. The number of carbonyl (C=O) groups is 2. The van der Waals surface area contributed by atoms with Crippen molar-refractivity contribution in [3.63, 3.8) is 0 Å². The number of carbonyl (C=O) groups excluding carboxylic acids is 2. The Labute approximate surface area is 235 Å². The molecule has 5 nitrogen and oxygen atoms in total. The van der Waals surface area contributed by atoms with Crippen molar-refractivity contribution in [2.45, 2.75) is 64.6 Å². The van der Waals surface area contributed by atoms with Crippen LogP contribution in [0, 0.1) is 13.8 Å². The molecule has 2 amide bonds. The molecule has 0 bridgehead atoms. The first-order chi connectivity index (χ1) is 18.3. The van der Waals surface area contributed by atoms with Gasteiger partial charge in [-0.3, -0.25) is 9.59 Å². The van der Waals surface area contributed by atoms with Crippen LogP contribution in [0.3, 0.4) is 0 Å². The SMILES string of the molecule is Cc1ccc(C)c(OCC(=O)N(Cc2c(Cl)cccc2Cl)[C@@H](Cc2ccccc2)C(=O)NC2CCCC2)c1. The lowest BCUT2D eigenvalue weighted by atomic mass is 10.0. The highest BCUT2D eigenvalue weighted by atomic mass is 35.5. The molecule has 0 spiro atoms. The number of aryl methyl sites for hydroxylation is 2. The molecule has 4 rings (SSSR count). The lowest BCUT2D eigenvalue weighted by Gasteiger charge is -2.32. The van der Waals surface area contributed by atoms with E-state index in [0.717, 1.165) is 42.4 Å². The van der Waals surface area contributed by atoms with Crippen LogP contribution in [0.2, 0.25) is 10.0 Å². The Hall–Kier alpha value is -3.02. The Morgan fingerprint density at radius 3 is 2.34 bits per heavy atom. The molecule has 1 atom stereocenters. The summed E-state index contributed by atoms with van der Waals surface area (Å²) in [4.78, 5) is 29.2. The number of ether oxygens (including phenoxy) is 1. The van der Waals surface area contributed by atoms with Crippen LogP contribution < -0.4 is 10.1 Å². The molecule has 3 aromatic carbocycles. The van der Waals surface area contributed by atoms with Crippen molar-refractivity contribution in [2.24, 2.45) is 0 Å². The van der Waals surface area contributed by atoms with Gasteiger partial charge in [-0.1, -0.05) is 84.6 Å². The average molecular weight is 554 g/mol. The molecule has 1 N–H and O–H groups in total. The fourth-order valence-electron chi connectivity index (χ4n) is 4.86. The second kappa shape index (κ2) is 13.2. The fraction of sp³-hybridized carbons (Fsp3) is 0.355. The summed E-state index contributed by atoms with van der Waals surface area (Å²) in [7, 11) is 0. The normalized spacial score (nSPS) is 14.2. The second-order valence-corrected chi connectivity index (χ2v) is 10.8. The number of rotatable bonds is 10. The standard InChI is InChI=1S/C31H34Cl2N2O3/c1-21-15-16-22(2)29(17-21)38-20-30(36)35(19-25-26(32)13-8-14-27(25)33)28(18-23-9-4-3-5-10-23)31(37)34-24-11-6-7-12-24/h3-5,8-10,13-17,24,28H,6-7,11-12,18-20H2,1-2H3,(H,34,37)/t28-/m0/s1. The van der Waals surface area contributed by atoms with E-state index in [1.165, 1.54) is 0 Å². The Morgan fingerprint density at radius 1 is 0.974 bits per heavy atom. The first-order valence-corrected chi connectivity index (χ1v) is 13.8. The first kappa shape index (κ1) is 28.0. The van der Waals surface area contributed by atoms with E-state index < -0.39 is 6.04 Å². The maximum Gasteiger partial charge on any atom is 0.261 e. The number of hydrogen-bond donors (Lipinski definition) is 1. The summed E-state index contributed by atoms with van der Waals surface area (Å²) in [6.45, 7) is 3.79. The van der Waals surface area contributed by atoms with Gasteiger partial charge in [-0.25, -0.2) is 0 Å². The molecule has 7 heteroatoms. The third-order valence-electron chi connectivity index (χ3n) is 7.06. The van der Waals surface area contributed by atoms with E-state index in [-0.39, 0.29) is 31.0 Å². The average Bonchev–Trinajstić information content (AvgIpc) is 3.41. The van der Waals surface area contributed by atoms with Gasteiger partial charge in [0.25, 0.3) is 5.91 Å². The van der Waals surface area contributed by atoms with Crippen molar-refractivity contribution in [1.29, 1.82) is 0 Å². The van der Waals surface area contributed by atoms with Crippen LogP contribution in [0.25, 0.3) is 0 Å². The summed E-state index contributed by atoms with van der Waals surface area (Å²) in [6.07, 6.45) is 4.44. The van der Waals surface area contributed by atoms with Crippen molar-refractivity contribution in [2.75, 3.05) is 6.61 Å². The lowest BCUT2D eigenvalue weighted by molar-refractivity contribution is -0.143. The van der Waals surface area contributed by atoms with Gasteiger partial charge in [0.05, 0.1) is 0 Å². The van der Waals surface area contributed by atoms with Gasteiger partial charge in [0.15, 0.2) is 6.61 Å². The number of hydrogen-bond acceptors (Lipinski definition) is 3. The van der Waals surface area contributed by atoms with Crippen molar-refractivity contribution >= 4 is 35.0 Å². The van der Waals surface area contributed by atoms with Crippen LogP contribution in [0.5, 0.6) is 5.75 Å². The van der Waals surface area contributed by atoms with E-state index in [1.807, 2.05) is 62.4 Å². The van der Waals surface area contributed by atoms with Crippen LogP contribution in [-0.4, -0.2) is 35.4 Å². The topological polar surface area (TPSA) is 58.6 Å². The third-order valence-corrected chi connectivity index (χ3v) is 7.77. The molecule has 0 radical (unpaired) electrons. The van der Waals surface area contributed by atoms with E-state index in [2.05, 4.69) is 5.32 Å². The number of amides is 2. The van der Waals surface area contributed by atoms with Crippen LogP contribution in [0.4, 0.5) is 0 Å². The zero-order chi connectivity index (χ0) is 27.1. The fourth-order valence-corrected chi connectivity index (χ4v) is 5.38. The Kier molecular flexibility index (Phi) is 9.70. The van der Waals surface area contributed by atoms with Crippen LogP contribution in [0.1, 0.15) is 47.9 Å². The molecule has 0 heterocycles. The number of nitrogens with zero attached hydrogens (tertiary/aromatic N) is 1. The first-order valence-electron chi connectivity index (χ1n) is 13.1. The molecule has 1 fully saturated rings. The minimum atomic E-state index is -0.764. The number of benzene rings is 3. The van der Waals surface area contributed by atoms with Crippen LogP contribution >= 0.6 is 23.2 Å². The Balaban J connectivity index is 1.66. The molecule has 0 aliphatic heterocycles. The smallest absolute Gasteiger partial charge is 0.261 e. The zero-order valence-electron chi connectivity index (χ0n) is 21.9. The van der Waals surface area contributed by atoms with Gasteiger partial charge in [0, 0.05) is 34.6 Å². The Morgan fingerprint density at radius 2 is 1.66 bits per heavy atom. The van der Waals surface area contributed by atoms with E-state index in [9.17, 15) is 9.59 Å². The maximum absolute atomic E-state index is 13.8.